The molecule has 0 unspecified atom stereocenters. The molecule has 0 aliphatic heterocycles. The van der Waals surface area contributed by atoms with Crippen molar-refractivity contribution in [2.24, 2.45) is 0 Å². The number of aryl methyl sites for hydroxylation is 1. The van der Waals surface area contributed by atoms with Crippen molar-refractivity contribution in [2.45, 2.75) is 6.92 Å². The van der Waals surface area contributed by atoms with Crippen LogP contribution in [0.1, 0.15) is 5.56 Å². The highest BCUT2D eigenvalue weighted by atomic mass is 79.9. The molecule has 0 saturated heterocycles. The second-order valence-electron chi connectivity index (χ2n) is 5.50. The Hall–Kier alpha value is -1.77. The van der Waals surface area contributed by atoms with Crippen LogP contribution in [0.4, 0.5) is 0 Å². The maximum Gasteiger partial charge on any atom is 0.0552 e. The van der Waals surface area contributed by atoms with Crippen molar-refractivity contribution < 1.29 is 0 Å². The standard InChI is InChI=1S/C19H13BrClN/c1-12-5-8-18-17(9-12)16-7-6-13(20)10-19(16)22(18)15-4-2-3-14(21)11-15/h2-11H,1H3. The van der Waals surface area contributed by atoms with E-state index >= 15 is 0 Å². The molecule has 1 nitrogen and oxygen atoms in total. The van der Waals surface area contributed by atoms with Gasteiger partial charge in [-0.15, -0.1) is 0 Å². The summed E-state index contributed by atoms with van der Waals surface area (Å²) in [6.45, 7) is 2.13. The summed E-state index contributed by atoms with van der Waals surface area (Å²) in [5.41, 5.74) is 4.72. The van der Waals surface area contributed by atoms with Crippen molar-refractivity contribution in [3.63, 3.8) is 0 Å². The van der Waals surface area contributed by atoms with E-state index in [0.717, 1.165) is 15.2 Å². The van der Waals surface area contributed by atoms with Gasteiger partial charge in [-0.1, -0.05) is 51.3 Å². The molecule has 4 rings (SSSR count). The van der Waals surface area contributed by atoms with Gasteiger partial charge < -0.3 is 4.57 Å². The molecule has 0 fully saturated rings. The molecule has 0 bridgehead atoms. The summed E-state index contributed by atoms with van der Waals surface area (Å²) < 4.78 is 3.34. The summed E-state index contributed by atoms with van der Waals surface area (Å²) >= 11 is 9.78. The third kappa shape index (κ3) is 2.15. The van der Waals surface area contributed by atoms with Gasteiger partial charge >= 0.3 is 0 Å². The number of rotatable bonds is 1. The van der Waals surface area contributed by atoms with E-state index < -0.39 is 0 Å². The van der Waals surface area contributed by atoms with E-state index in [-0.39, 0.29) is 0 Å². The van der Waals surface area contributed by atoms with E-state index in [1.165, 1.54) is 27.4 Å². The zero-order chi connectivity index (χ0) is 15.3. The van der Waals surface area contributed by atoms with Crippen LogP contribution in [-0.4, -0.2) is 4.57 Å². The monoisotopic (exact) mass is 369 g/mol. The summed E-state index contributed by atoms with van der Waals surface area (Å²) in [5, 5.41) is 3.26. The van der Waals surface area contributed by atoms with Crippen LogP contribution in [0.3, 0.4) is 0 Å². The van der Waals surface area contributed by atoms with Gasteiger partial charge in [-0.05, 0) is 49.4 Å². The molecule has 1 aromatic heterocycles. The predicted molar refractivity (Wildman–Crippen MR) is 98.2 cm³/mol. The largest absolute Gasteiger partial charge is 0.309 e. The van der Waals surface area contributed by atoms with Gasteiger partial charge in [-0.2, -0.15) is 0 Å². The van der Waals surface area contributed by atoms with Gasteiger partial charge in [0.2, 0.25) is 0 Å². The van der Waals surface area contributed by atoms with Crippen molar-refractivity contribution in [1.82, 2.24) is 4.57 Å². The maximum atomic E-state index is 6.20. The molecule has 0 amide bonds. The van der Waals surface area contributed by atoms with E-state index in [2.05, 4.69) is 69.9 Å². The lowest BCUT2D eigenvalue weighted by atomic mass is 10.1. The highest BCUT2D eigenvalue weighted by molar-refractivity contribution is 9.10. The Labute approximate surface area is 142 Å². The topological polar surface area (TPSA) is 4.93 Å². The number of hydrogen-bond acceptors (Lipinski definition) is 0. The number of nitrogens with zero attached hydrogens (tertiary/aromatic N) is 1. The van der Waals surface area contributed by atoms with Crippen LogP contribution in [0.15, 0.2) is 65.1 Å². The van der Waals surface area contributed by atoms with Gasteiger partial charge in [0, 0.05) is 26.0 Å². The van der Waals surface area contributed by atoms with Gasteiger partial charge in [-0.3, -0.25) is 0 Å². The van der Waals surface area contributed by atoms with Gasteiger partial charge in [0.15, 0.2) is 0 Å². The molecular weight excluding hydrogens is 358 g/mol. The molecule has 0 atom stereocenters. The van der Waals surface area contributed by atoms with Crippen molar-refractivity contribution in [3.05, 3.63) is 75.7 Å². The van der Waals surface area contributed by atoms with Crippen LogP contribution >= 0.6 is 27.5 Å². The second kappa shape index (κ2) is 5.15. The number of aromatic nitrogens is 1. The summed E-state index contributed by atoms with van der Waals surface area (Å²) in [6, 6.07) is 21.0. The fraction of sp³-hybridized carbons (Fsp3) is 0.0526. The Morgan fingerprint density at radius 1 is 0.864 bits per heavy atom. The number of hydrogen-bond donors (Lipinski definition) is 0. The SMILES string of the molecule is Cc1ccc2c(c1)c1ccc(Br)cc1n2-c1cccc(Cl)c1. The van der Waals surface area contributed by atoms with Crippen molar-refractivity contribution >= 4 is 49.3 Å². The highest BCUT2D eigenvalue weighted by Crippen LogP contribution is 2.34. The lowest BCUT2D eigenvalue weighted by molar-refractivity contribution is 1.18. The Kier molecular flexibility index (Phi) is 3.24. The lowest BCUT2D eigenvalue weighted by Gasteiger charge is -2.08. The maximum absolute atomic E-state index is 6.20. The van der Waals surface area contributed by atoms with E-state index in [1.54, 1.807) is 0 Å². The van der Waals surface area contributed by atoms with Crippen molar-refractivity contribution in [3.8, 4) is 5.69 Å². The average molecular weight is 371 g/mol. The molecule has 108 valence electrons. The first kappa shape index (κ1) is 13.9. The zero-order valence-electron chi connectivity index (χ0n) is 12.0. The third-order valence-corrected chi connectivity index (χ3v) is 4.68. The van der Waals surface area contributed by atoms with Crippen molar-refractivity contribution in [2.75, 3.05) is 0 Å². The molecule has 22 heavy (non-hydrogen) atoms. The zero-order valence-corrected chi connectivity index (χ0v) is 14.3. The smallest absolute Gasteiger partial charge is 0.0552 e. The van der Waals surface area contributed by atoms with Crippen LogP contribution in [0, 0.1) is 6.92 Å². The normalized spacial score (nSPS) is 11.4. The van der Waals surface area contributed by atoms with Gasteiger partial charge in [0.25, 0.3) is 0 Å². The minimum absolute atomic E-state index is 0.745. The lowest BCUT2D eigenvalue weighted by Crippen LogP contribution is -1.93. The van der Waals surface area contributed by atoms with Crippen LogP contribution in [0.5, 0.6) is 0 Å². The number of benzene rings is 3. The molecule has 0 aliphatic rings. The molecular formula is C19H13BrClN. The van der Waals surface area contributed by atoms with Crippen molar-refractivity contribution in [1.29, 1.82) is 0 Å². The van der Waals surface area contributed by atoms with E-state index in [0.29, 0.717) is 0 Å². The quantitative estimate of drug-likeness (QED) is 0.360. The van der Waals surface area contributed by atoms with Gasteiger partial charge in [0.05, 0.1) is 11.0 Å². The molecule has 4 aromatic rings. The van der Waals surface area contributed by atoms with Crippen LogP contribution in [0.25, 0.3) is 27.5 Å². The minimum atomic E-state index is 0.745. The fourth-order valence-electron chi connectivity index (χ4n) is 3.00. The first-order valence-electron chi connectivity index (χ1n) is 7.10. The molecule has 0 spiro atoms. The summed E-state index contributed by atoms with van der Waals surface area (Å²) in [7, 11) is 0. The predicted octanol–water partition coefficient (Wildman–Crippen LogP) is 6.51. The molecule has 0 N–H and O–H groups in total. The summed E-state index contributed by atoms with van der Waals surface area (Å²) in [5.74, 6) is 0. The number of fused-ring (bicyclic) bond motifs is 3. The summed E-state index contributed by atoms with van der Waals surface area (Å²) in [6.07, 6.45) is 0. The van der Waals surface area contributed by atoms with Gasteiger partial charge in [-0.25, -0.2) is 0 Å². The average Bonchev–Trinajstić information content (AvgIpc) is 2.80. The van der Waals surface area contributed by atoms with Gasteiger partial charge in [0.1, 0.15) is 0 Å². The molecule has 1 heterocycles. The minimum Gasteiger partial charge on any atom is -0.309 e. The van der Waals surface area contributed by atoms with E-state index in [1.807, 2.05) is 18.2 Å². The Morgan fingerprint density at radius 2 is 1.73 bits per heavy atom. The first-order chi connectivity index (χ1) is 10.6. The first-order valence-corrected chi connectivity index (χ1v) is 8.27. The molecule has 0 radical (unpaired) electrons. The van der Waals surface area contributed by atoms with Crippen LogP contribution < -0.4 is 0 Å². The Morgan fingerprint density at radius 3 is 2.55 bits per heavy atom. The number of halogens is 2. The highest BCUT2D eigenvalue weighted by Gasteiger charge is 2.12. The molecule has 0 aliphatic carbocycles. The fourth-order valence-corrected chi connectivity index (χ4v) is 3.53. The summed E-state index contributed by atoms with van der Waals surface area (Å²) in [4.78, 5) is 0. The Balaban J connectivity index is 2.21. The Bertz CT molecular complexity index is 1020. The molecule has 0 saturated carbocycles. The van der Waals surface area contributed by atoms with Crippen LogP contribution in [-0.2, 0) is 0 Å². The van der Waals surface area contributed by atoms with E-state index in [9.17, 15) is 0 Å². The third-order valence-electron chi connectivity index (χ3n) is 3.95. The van der Waals surface area contributed by atoms with E-state index in [4.69, 9.17) is 11.6 Å². The molecule has 3 heteroatoms. The second-order valence-corrected chi connectivity index (χ2v) is 6.85. The van der Waals surface area contributed by atoms with Crippen LogP contribution in [0.2, 0.25) is 5.02 Å². The molecule has 3 aromatic carbocycles.